The lowest BCUT2D eigenvalue weighted by molar-refractivity contribution is -0.142. The van der Waals surface area contributed by atoms with E-state index in [0.717, 1.165) is 6.92 Å². The number of rotatable bonds is 3. The molecule has 0 atom stereocenters. The van der Waals surface area contributed by atoms with Crippen molar-refractivity contribution in [3.05, 3.63) is 17.5 Å². The molecule has 0 aliphatic rings. The molecule has 8 heteroatoms. The third kappa shape index (κ3) is 3.01. The number of ketones is 1. The van der Waals surface area contributed by atoms with Crippen LogP contribution in [0.15, 0.2) is 6.07 Å². The van der Waals surface area contributed by atoms with E-state index < -0.39 is 36.3 Å². The summed E-state index contributed by atoms with van der Waals surface area (Å²) < 4.78 is 60.7. The molecule has 0 aromatic carbocycles. The van der Waals surface area contributed by atoms with Crippen LogP contribution in [-0.2, 0) is 6.54 Å². The first-order chi connectivity index (χ1) is 7.20. The smallest absolute Gasteiger partial charge is 0.293 e. The average Bonchev–Trinajstić information content (AvgIpc) is 2.44. The summed E-state index contributed by atoms with van der Waals surface area (Å²) in [6, 6.07) is 0.665. The van der Waals surface area contributed by atoms with Gasteiger partial charge in [0.2, 0.25) is 0 Å². The molecule has 0 amide bonds. The van der Waals surface area contributed by atoms with Crippen molar-refractivity contribution in [2.24, 2.45) is 0 Å². The zero-order valence-electron chi connectivity index (χ0n) is 8.05. The minimum Gasteiger partial charge on any atom is -0.293 e. The van der Waals surface area contributed by atoms with Gasteiger partial charge in [0.25, 0.3) is 6.43 Å². The molecule has 0 spiro atoms. The first-order valence-electron chi connectivity index (χ1n) is 4.14. The van der Waals surface area contributed by atoms with Gasteiger partial charge in [-0.25, -0.2) is 8.78 Å². The lowest BCUT2D eigenvalue weighted by atomic mass is 10.3. The zero-order chi connectivity index (χ0) is 12.5. The summed E-state index contributed by atoms with van der Waals surface area (Å²) in [5.74, 6) is -0.747. The Balaban J connectivity index is 3.10. The first kappa shape index (κ1) is 12.6. The van der Waals surface area contributed by atoms with E-state index in [-0.39, 0.29) is 4.68 Å². The van der Waals surface area contributed by atoms with E-state index in [1.807, 2.05) is 0 Å². The highest BCUT2D eigenvalue weighted by molar-refractivity contribution is 5.92. The zero-order valence-corrected chi connectivity index (χ0v) is 8.05. The highest BCUT2D eigenvalue weighted by Gasteiger charge is 2.31. The standard InChI is InChI=1S/C8H7F5N2O/c1-4(16)6-2-5(7(9)10)14-15(6)3-8(11,12)13/h2,7H,3H2,1H3. The van der Waals surface area contributed by atoms with Crippen LogP contribution < -0.4 is 0 Å². The van der Waals surface area contributed by atoms with Crippen molar-refractivity contribution in [2.75, 3.05) is 0 Å². The van der Waals surface area contributed by atoms with Crippen LogP contribution in [-0.4, -0.2) is 21.7 Å². The minimum atomic E-state index is -4.62. The van der Waals surface area contributed by atoms with Crippen molar-refractivity contribution in [1.29, 1.82) is 0 Å². The molecule has 0 aliphatic heterocycles. The van der Waals surface area contributed by atoms with Crippen molar-refractivity contribution in [2.45, 2.75) is 26.1 Å². The third-order valence-corrected chi connectivity index (χ3v) is 1.71. The van der Waals surface area contributed by atoms with E-state index in [1.165, 1.54) is 0 Å². The molecule has 0 aliphatic carbocycles. The Morgan fingerprint density at radius 1 is 1.50 bits per heavy atom. The van der Waals surface area contributed by atoms with E-state index in [2.05, 4.69) is 5.10 Å². The van der Waals surface area contributed by atoms with Gasteiger partial charge < -0.3 is 0 Å². The quantitative estimate of drug-likeness (QED) is 0.603. The number of aromatic nitrogens is 2. The van der Waals surface area contributed by atoms with Crippen LogP contribution in [0.4, 0.5) is 22.0 Å². The predicted molar refractivity (Wildman–Crippen MR) is 43.2 cm³/mol. The fourth-order valence-corrected chi connectivity index (χ4v) is 1.12. The molecule has 0 N–H and O–H groups in total. The summed E-state index contributed by atoms with van der Waals surface area (Å²) in [6.45, 7) is -0.576. The topological polar surface area (TPSA) is 34.9 Å². The molecule has 1 rings (SSSR count). The molecule has 0 saturated heterocycles. The van der Waals surface area contributed by atoms with Gasteiger partial charge in [0.1, 0.15) is 17.9 Å². The summed E-state index contributed by atoms with van der Waals surface area (Å²) in [6.07, 6.45) is -7.62. The van der Waals surface area contributed by atoms with Crippen LogP contribution >= 0.6 is 0 Å². The molecule has 16 heavy (non-hydrogen) atoms. The number of alkyl halides is 5. The molecule has 0 saturated carbocycles. The lowest BCUT2D eigenvalue weighted by Gasteiger charge is -2.08. The van der Waals surface area contributed by atoms with Crippen LogP contribution in [0, 0.1) is 0 Å². The Bertz CT molecular complexity index is 396. The molecule has 0 bridgehead atoms. The summed E-state index contributed by atoms with van der Waals surface area (Å²) in [5, 5.41) is 3.04. The second kappa shape index (κ2) is 4.18. The third-order valence-electron chi connectivity index (χ3n) is 1.71. The lowest BCUT2D eigenvalue weighted by Crippen LogP contribution is -2.21. The minimum absolute atomic E-state index is 0.240. The van der Waals surface area contributed by atoms with E-state index in [4.69, 9.17) is 0 Å². The molecule has 3 nitrogen and oxygen atoms in total. The van der Waals surface area contributed by atoms with Crippen LogP contribution in [0.5, 0.6) is 0 Å². The van der Waals surface area contributed by atoms with Crippen molar-refractivity contribution < 1.29 is 26.7 Å². The second-order valence-electron chi connectivity index (χ2n) is 3.08. The van der Waals surface area contributed by atoms with Gasteiger partial charge in [0.05, 0.1) is 0 Å². The maximum Gasteiger partial charge on any atom is 0.408 e. The Morgan fingerprint density at radius 2 is 2.06 bits per heavy atom. The molecular weight excluding hydrogens is 235 g/mol. The number of hydrogen-bond acceptors (Lipinski definition) is 2. The number of carbonyl (C=O) groups excluding carboxylic acids is 1. The van der Waals surface area contributed by atoms with Gasteiger partial charge in [-0.15, -0.1) is 0 Å². The van der Waals surface area contributed by atoms with Gasteiger partial charge in [-0.1, -0.05) is 0 Å². The van der Waals surface area contributed by atoms with Crippen molar-refractivity contribution in [1.82, 2.24) is 9.78 Å². The molecule has 1 aromatic heterocycles. The molecule has 0 unspecified atom stereocenters. The van der Waals surface area contributed by atoms with Crippen LogP contribution in [0.1, 0.15) is 29.5 Å². The maximum atomic E-state index is 12.2. The summed E-state index contributed by atoms with van der Waals surface area (Å²) in [7, 11) is 0. The van der Waals surface area contributed by atoms with E-state index in [9.17, 15) is 26.7 Å². The molecular formula is C8H7F5N2O. The fourth-order valence-electron chi connectivity index (χ4n) is 1.12. The molecule has 90 valence electrons. The van der Waals surface area contributed by atoms with Crippen LogP contribution in [0.3, 0.4) is 0 Å². The monoisotopic (exact) mass is 242 g/mol. The molecule has 0 fully saturated rings. The second-order valence-corrected chi connectivity index (χ2v) is 3.08. The number of hydrogen-bond donors (Lipinski definition) is 0. The van der Waals surface area contributed by atoms with Gasteiger partial charge in [-0.2, -0.15) is 18.3 Å². The van der Waals surface area contributed by atoms with Gasteiger partial charge in [0.15, 0.2) is 5.78 Å². The summed E-state index contributed by atoms with van der Waals surface area (Å²) in [5.41, 5.74) is -1.32. The highest BCUT2D eigenvalue weighted by Crippen LogP contribution is 2.22. The Labute approximate surface area is 86.9 Å². The molecule has 1 heterocycles. The molecule has 0 radical (unpaired) electrons. The largest absolute Gasteiger partial charge is 0.408 e. The van der Waals surface area contributed by atoms with Gasteiger partial charge in [0, 0.05) is 6.92 Å². The number of Topliss-reactive ketones (excluding diaryl/α,β-unsaturated/α-hetero) is 1. The van der Waals surface area contributed by atoms with E-state index in [1.54, 1.807) is 0 Å². The Kier molecular flexibility index (Phi) is 3.30. The number of halogens is 5. The van der Waals surface area contributed by atoms with Crippen LogP contribution in [0.2, 0.25) is 0 Å². The van der Waals surface area contributed by atoms with Crippen LogP contribution in [0.25, 0.3) is 0 Å². The summed E-state index contributed by atoms with van der Waals surface area (Å²) >= 11 is 0. The number of nitrogens with zero attached hydrogens (tertiary/aromatic N) is 2. The normalized spacial score (nSPS) is 12.2. The van der Waals surface area contributed by atoms with E-state index in [0.29, 0.717) is 6.07 Å². The fraction of sp³-hybridized carbons (Fsp3) is 0.500. The Morgan fingerprint density at radius 3 is 2.44 bits per heavy atom. The average molecular weight is 242 g/mol. The van der Waals surface area contributed by atoms with Gasteiger partial charge in [-0.05, 0) is 6.07 Å². The van der Waals surface area contributed by atoms with Gasteiger partial charge in [-0.3, -0.25) is 9.48 Å². The van der Waals surface area contributed by atoms with Gasteiger partial charge >= 0.3 is 6.18 Å². The van der Waals surface area contributed by atoms with E-state index >= 15 is 0 Å². The first-order valence-corrected chi connectivity index (χ1v) is 4.14. The van der Waals surface area contributed by atoms with Crippen molar-refractivity contribution in [3.8, 4) is 0 Å². The number of carbonyl (C=O) groups is 1. The molecule has 1 aromatic rings. The predicted octanol–water partition coefficient (Wildman–Crippen LogP) is 2.59. The SMILES string of the molecule is CC(=O)c1cc(C(F)F)nn1CC(F)(F)F. The highest BCUT2D eigenvalue weighted by atomic mass is 19.4. The maximum absolute atomic E-state index is 12.2. The summed E-state index contributed by atoms with van der Waals surface area (Å²) in [4.78, 5) is 10.9. The van der Waals surface area contributed by atoms with Crippen molar-refractivity contribution >= 4 is 5.78 Å². The van der Waals surface area contributed by atoms with Crippen molar-refractivity contribution in [3.63, 3.8) is 0 Å². The Hall–Kier alpha value is -1.47.